The highest BCUT2D eigenvalue weighted by molar-refractivity contribution is 5.98. The number of nitrogens with one attached hydrogen (secondary N) is 1. The molecule has 0 aliphatic rings. The molecule has 0 saturated carbocycles. The van der Waals surface area contributed by atoms with Gasteiger partial charge in [-0.15, -0.1) is 0 Å². The van der Waals surface area contributed by atoms with Crippen LogP contribution in [0.15, 0.2) is 66.0 Å². The molecule has 4 heteroatoms. The lowest BCUT2D eigenvalue weighted by atomic mass is 10.1. The van der Waals surface area contributed by atoms with Crippen LogP contribution in [0.4, 0.5) is 0 Å². The van der Waals surface area contributed by atoms with Crippen LogP contribution in [0.2, 0.25) is 0 Å². The average Bonchev–Trinajstić information content (AvgIpc) is 3.03. The van der Waals surface area contributed by atoms with Gasteiger partial charge in [-0.1, -0.05) is 30.3 Å². The maximum atomic E-state index is 12.2. The van der Waals surface area contributed by atoms with Crippen molar-refractivity contribution in [1.29, 1.82) is 0 Å². The number of rotatable bonds is 4. The molecular weight excluding hydrogens is 286 g/mol. The second-order valence-corrected chi connectivity index (χ2v) is 5.75. The van der Waals surface area contributed by atoms with E-state index in [4.69, 9.17) is 0 Å². The summed E-state index contributed by atoms with van der Waals surface area (Å²) in [5, 5.41) is 6.19. The van der Waals surface area contributed by atoms with Crippen LogP contribution >= 0.6 is 0 Å². The lowest BCUT2D eigenvalue weighted by Crippen LogP contribution is -2.17. The third kappa shape index (κ3) is 3.48. The van der Waals surface area contributed by atoms with Crippen molar-refractivity contribution >= 4 is 22.9 Å². The fourth-order valence-corrected chi connectivity index (χ4v) is 2.39. The Kier molecular flexibility index (Phi) is 4.24. The van der Waals surface area contributed by atoms with Gasteiger partial charge in [-0.2, -0.15) is 5.10 Å². The zero-order valence-electron chi connectivity index (χ0n) is 13.2. The Morgan fingerprint density at radius 1 is 1.13 bits per heavy atom. The highest BCUT2D eigenvalue weighted by Gasteiger charge is 2.05. The topological polar surface area (TPSA) is 46.4 Å². The number of carbonyl (C=O) groups is 1. The second kappa shape index (κ2) is 6.48. The first kappa shape index (κ1) is 15.0. The monoisotopic (exact) mass is 305 g/mol. The predicted octanol–water partition coefficient (Wildman–Crippen LogP) is 3.99. The Morgan fingerprint density at radius 3 is 2.65 bits per heavy atom. The normalized spacial score (nSPS) is 11.4. The molecule has 3 rings (SSSR count). The largest absolute Gasteiger partial charge is 0.351 e. The first-order valence-corrected chi connectivity index (χ1v) is 7.63. The SMILES string of the molecule is CC(C)n1ccc(/C=N\NC(=O)c2ccc3ccccc3c2)c1. The predicted molar refractivity (Wildman–Crippen MR) is 93.8 cm³/mol. The van der Waals surface area contributed by atoms with Gasteiger partial charge in [-0.3, -0.25) is 4.79 Å². The molecule has 1 heterocycles. The molecule has 0 aliphatic carbocycles. The maximum absolute atomic E-state index is 12.2. The van der Waals surface area contributed by atoms with Gasteiger partial charge in [-0.05, 0) is 42.8 Å². The summed E-state index contributed by atoms with van der Waals surface area (Å²) in [6, 6.07) is 15.9. The molecule has 4 nitrogen and oxygen atoms in total. The molecule has 0 aliphatic heterocycles. The maximum Gasteiger partial charge on any atom is 0.271 e. The van der Waals surface area contributed by atoms with Crippen LogP contribution in [0.5, 0.6) is 0 Å². The van der Waals surface area contributed by atoms with E-state index in [0.29, 0.717) is 11.6 Å². The van der Waals surface area contributed by atoms with E-state index in [-0.39, 0.29) is 5.91 Å². The third-order valence-electron chi connectivity index (χ3n) is 3.72. The van der Waals surface area contributed by atoms with Crippen molar-refractivity contribution in [2.45, 2.75) is 19.9 Å². The van der Waals surface area contributed by atoms with Crippen LogP contribution < -0.4 is 5.43 Å². The number of hydrogen-bond donors (Lipinski definition) is 1. The minimum atomic E-state index is -0.213. The van der Waals surface area contributed by atoms with Gasteiger partial charge in [0.25, 0.3) is 5.91 Å². The Morgan fingerprint density at radius 2 is 1.91 bits per heavy atom. The van der Waals surface area contributed by atoms with Crippen molar-refractivity contribution < 1.29 is 4.79 Å². The molecule has 0 bridgehead atoms. The summed E-state index contributed by atoms with van der Waals surface area (Å²) in [4.78, 5) is 12.2. The second-order valence-electron chi connectivity index (χ2n) is 5.75. The lowest BCUT2D eigenvalue weighted by Gasteiger charge is -2.04. The fraction of sp³-hybridized carbons (Fsp3) is 0.158. The zero-order valence-corrected chi connectivity index (χ0v) is 13.2. The van der Waals surface area contributed by atoms with Crippen molar-refractivity contribution in [3.63, 3.8) is 0 Å². The number of carbonyl (C=O) groups excluding carboxylic acids is 1. The average molecular weight is 305 g/mol. The number of nitrogens with zero attached hydrogens (tertiary/aromatic N) is 2. The molecule has 1 N–H and O–H groups in total. The van der Waals surface area contributed by atoms with Crippen LogP contribution in [-0.4, -0.2) is 16.7 Å². The van der Waals surface area contributed by atoms with Gasteiger partial charge in [0.05, 0.1) is 6.21 Å². The van der Waals surface area contributed by atoms with Crippen LogP contribution in [0, 0.1) is 0 Å². The summed E-state index contributed by atoms with van der Waals surface area (Å²) >= 11 is 0. The number of fused-ring (bicyclic) bond motifs is 1. The van der Waals surface area contributed by atoms with E-state index in [1.807, 2.05) is 60.9 Å². The van der Waals surface area contributed by atoms with E-state index in [9.17, 15) is 4.79 Å². The quantitative estimate of drug-likeness (QED) is 0.575. The number of amides is 1. The van der Waals surface area contributed by atoms with E-state index in [1.54, 1.807) is 6.21 Å². The van der Waals surface area contributed by atoms with Crippen molar-refractivity contribution in [2.75, 3.05) is 0 Å². The molecule has 0 unspecified atom stereocenters. The Hall–Kier alpha value is -2.88. The molecule has 0 atom stereocenters. The lowest BCUT2D eigenvalue weighted by molar-refractivity contribution is 0.0955. The molecular formula is C19H19N3O. The van der Waals surface area contributed by atoms with Gasteiger partial charge >= 0.3 is 0 Å². The number of benzene rings is 2. The van der Waals surface area contributed by atoms with Crippen LogP contribution in [-0.2, 0) is 0 Å². The van der Waals surface area contributed by atoms with Gasteiger partial charge < -0.3 is 4.57 Å². The van der Waals surface area contributed by atoms with E-state index >= 15 is 0 Å². The van der Waals surface area contributed by atoms with E-state index < -0.39 is 0 Å². The Bertz CT molecular complexity index is 862. The molecule has 1 aromatic heterocycles. The summed E-state index contributed by atoms with van der Waals surface area (Å²) in [5.74, 6) is -0.213. The highest BCUT2D eigenvalue weighted by Crippen LogP contribution is 2.15. The minimum absolute atomic E-state index is 0.213. The molecule has 2 aromatic carbocycles. The number of hydrogen-bond acceptors (Lipinski definition) is 2. The van der Waals surface area contributed by atoms with Gasteiger partial charge in [0, 0.05) is 29.6 Å². The van der Waals surface area contributed by atoms with Gasteiger partial charge in [0.15, 0.2) is 0 Å². The number of hydrazone groups is 1. The van der Waals surface area contributed by atoms with Crippen molar-refractivity contribution in [3.05, 3.63) is 72.1 Å². The fourth-order valence-electron chi connectivity index (χ4n) is 2.39. The van der Waals surface area contributed by atoms with E-state index in [1.165, 1.54) is 0 Å². The zero-order chi connectivity index (χ0) is 16.2. The standard InChI is InChI=1S/C19H19N3O/c1-14(2)22-10-9-15(13-22)12-20-21-19(23)18-8-7-16-5-3-4-6-17(16)11-18/h3-14H,1-2H3,(H,21,23)/b20-12-. The van der Waals surface area contributed by atoms with Crippen molar-refractivity contribution in [1.82, 2.24) is 9.99 Å². The molecule has 1 amide bonds. The molecule has 0 spiro atoms. The van der Waals surface area contributed by atoms with Crippen molar-refractivity contribution in [3.8, 4) is 0 Å². The van der Waals surface area contributed by atoms with Crippen LogP contribution in [0.1, 0.15) is 35.8 Å². The summed E-state index contributed by atoms with van der Waals surface area (Å²) in [6.45, 7) is 4.23. The molecule has 116 valence electrons. The first-order chi connectivity index (χ1) is 11.1. The van der Waals surface area contributed by atoms with Gasteiger partial charge in [0.2, 0.25) is 0 Å². The molecule has 0 saturated heterocycles. The molecule has 3 aromatic rings. The van der Waals surface area contributed by atoms with Crippen molar-refractivity contribution in [2.24, 2.45) is 5.10 Å². The highest BCUT2D eigenvalue weighted by atomic mass is 16.2. The molecule has 0 fully saturated rings. The minimum Gasteiger partial charge on any atom is -0.351 e. The van der Waals surface area contributed by atoms with Crippen LogP contribution in [0.25, 0.3) is 10.8 Å². The summed E-state index contributed by atoms with van der Waals surface area (Å²) in [5.41, 5.74) is 4.13. The van der Waals surface area contributed by atoms with E-state index in [2.05, 4.69) is 28.9 Å². The summed E-state index contributed by atoms with van der Waals surface area (Å²) in [7, 11) is 0. The number of aromatic nitrogens is 1. The molecule has 0 radical (unpaired) electrons. The summed E-state index contributed by atoms with van der Waals surface area (Å²) in [6.07, 6.45) is 5.64. The van der Waals surface area contributed by atoms with Crippen LogP contribution in [0.3, 0.4) is 0 Å². The Labute approximate surface area is 135 Å². The third-order valence-corrected chi connectivity index (χ3v) is 3.72. The first-order valence-electron chi connectivity index (χ1n) is 7.63. The Balaban J connectivity index is 1.68. The summed E-state index contributed by atoms with van der Waals surface area (Å²) < 4.78 is 2.09. The van der Waals surface area contributed by atoms with Gasteiger partial charge in [-0.25, -0.2) is 5.43 Å². The van der Waals surface area contributed by atoms with Gasteiger partial charge in [0.1, 0.15) is 0 Å². The smallest absolute Gasteiger partial charge is 0.271 e. The molecule has 23 heavy (non-hydrogen) atoms. The van der Waals surface area contributed by atoms with E-state index in [0.717, 1.165) is 16.3 Å².